The number of ether oxygens (including phenoxy) is 1. The lowest BCUT2D eigenvalue weighted by Crippen LogP contribution is -2.22. The fourth-order valence-corrected chi connectivity index (χ4v) is 3.64. The molecule has 1 aromatic heterocycles. The largest absolute Gasteiger partial charge is 0.489 e. The van der Waals surface area contributed by atoms with Crippen LogP contribution in [0, 0.1) is 0 Å². The minimum absolute atomic E-state index is 0. The lowest BCUT2D eigenvalue weighted by Gasteiger charge is -2.14. The van der Waals surface area contributed by atoms with Gasteiger partial charge in [0.05, 0.1) is 29.3 Å². The molecule has 0 saturated carbocycles. The molecule has 0 unspecified atom stereocenters. The van der Waals surface area contributed by atoms with Gasteiger partial charge in [-0.2, -0.15) is 13.5 Å². The number of fused-ring (bicyclic) bond motifs is 1. The molecular formula is C24H22N2O6S2. The van der Waals surface area contributed by atoms with Gasteiger partial charge in [-0.25, -0.2) is 15.1 Å². The van der Waals surface area contributed by atoms with E-state index in [9.17, 15) is 9.59 Å². The van der Waals surface area contributed by atoms with Gasteiger partial charge in [0.15, 0.2) is 5.43 Å². The monoisotopic (exact) mass is 498 g/mol. The van der Waals surface area contributed by atoms with E-state index in [2.05, 4.69) is 0 Å². The van der Waals surface area contributed by atoms with Crippen molar-refractivity contribution in [3.05, 3.63) is 94.3 Å². The number of hydrazine groups is 1. The van der Waals surface area contributed by atoms with E-state index in [1.807, 2.05) is 0 Å². The Labute approximate surface area is 206 Å². The van der Waals surface area contributed by atoms with Crippen LogP contribution in [0.2, 0.25) is 0 Å². The Hall–Kier alpha value is -3.44. The molecule has 0 fully saturated rings. The zero-order chi connectivity index (χ0) is 23.4. The van der Waals surface area contributed by atoms with Crippen LogP contribution in [0.3, 0.4) is 0 Å². The Morgan fingerprint density at radius 1 is 1.12 bits per heavy atom. The van der Waals surface area contributed by atoms with Crippen molar-refractivity contribution >= 4 is 48.4 Å². The SMILES string of the molecule is COSN(N)c1ccc(-c2coc3cc(OCc4cccc(C(=O)O)c4)ccc3c2=O)cc1.S. The van der Waals surface area contributed by atoms with Crippen LogP contribution >= 0.6 is 25.7 Å². The zero-order valence-electron chi connectivity index (χ0n) is 18.1. The normalized spacial score (nSPS) is 10.5. The molecule has 4 rings (SSSR count). The van der Waals surface area contributed by atoms with E-state index < -0.39 is 5.97 Å². The Morgan fingerprint density at radius 2 is 1.88 bits per heavy atom. The molecule has 3 N–H and O–H groups in total. The van der Waals surface area contributed by atoms with Crippen molar-refractivity contribution in [2.75, 3.05) is 11.5 Å². The Balaban J connectivity index is 0.00000324. The third-order valence-corrected chi connectivity index (χ3v) is 5.43. The summed E-state index contributed by atoms with van der Waals surface area (Å²) in [6.45, 7) is 0.181. The molecule has 0 aliphatic carbocycles. The lowest BCUT2D eigenvalue weighted by atomic mass is 10.1. The summed E-state index contributed by atoms with van der Waals surface area (Å²) in [5.74, 6) is 5.35. The van der Waals surface area contributed by atoms with Gasteiger partial charge >= 0.3 is 5.97 Å². The van der Waals surface area contributed by atoms with Crippen molar-refractivity contribution in [3.63, 3.8) is 0 Å². The fraction of sp³-hybridized carbons (Fsp3) is 0.0833. The number of carboxylic acid groups (broad SMARTS) is 1. The molecule has 10 heteroatoms. The summed E-state index contributed by atoms with van der Waals surface area (Å²) in [6.07, 6.45) is 1.42. The van der Waals surface area contributed by atoms with E-state index >= 15 is 0 Å². The van der Waals surface area contributed by atoms with E-state index in [1.165, 1.54) is 23.9 Å². The van der Waals surface area contributed by atoms with Gasteiger partial charge in [0.2, 0.25) is 0 Å². The minimum atomic E-state index is -0.996. The van der Waals surface area contributed by atoms with Crippen molar-refractivity contribution in [2.45, 2.75) is 6.61 Å². The summed E-state index contributed by atoms with van der Waals surface area (Å²) in [5.41, 5.74) is 2.97. The average molecular weight is 499 g/mol. The highest BCUT2D eigenvalue weighted by molar-refractivity contribution is 7.95. The molecule has 0 atom stereocenters. The highest BCUT2D eigenvalue weighted by Gasteiger charge is 2.12. The van der Waals surface area contributed by atoms with E-state index in [1.54, 1.807) is 60.7 Å². The number of carbonyl (C=O) groups is 1. The molecule has 0 aliphatic rings. The number of nitrogens with zero attached hydrogens (tertiary/aromatic N) is 1. The quantitative estimate of drug-likeness (QED) is 0.154. The standard InChI is InChI=1S/C24H20N2O6S.H2S/c1-30-33-26(25)18-7-5-16(6-8-18)21-14-32-22-12-19(9-10-20(22)23(21)27)31-13-15-3-2-4-17(11-15)24(28)29;/h2-12,14H,13,25H2,1H3,(H,28,29);1H2. The first kappa shape index (κ1) is 25.2. The second-order valence-corrected chi connectivity index (χ2v) is 7.92. The highest BCUT2D eigenvalue weighted by Crippen LogP contribution is 2.26. The number of hydrogen-bond donors (Lipinski definition) is 2. The predicted octanol–water partition coefficient (Wildman–Crippen LogP) is 4.74. The summed E-state index contributed by atoms with van der Waals surface area (Å²) < 4.78 is 17.8. The zero-order valence-corrected chi connectivity index (χ0v) is 19.9. The van der Waals surface area contributed by atoms with Gasteiger partial charge < -0.3 is 14.3 Å². The van der Waals surface area contributed by atoms with Crippen molar-refractivity contribution < 1.29 is 23.2 Å². The second-order valence-electron chi connectivity index (χ2n) is 7.04. The second kappa shape index (κ2) is 11.1. The van der Waals surface area contributed by atoms with Crippen LogP contribution in [0.4, 0.5) is 5.69 Å². The van der Waals surface area contributed by atoms with Gasteiger partial charge in [0.1, 0.15) is 36.4 Å². The van der Waals surface area contributed by atoms with Gasteiger partial charge in [0.25, 0.3) is 0 Å². The molecule has 34 heavy (non-hydrogen) atoms. The van der Waals surface area contributed by atoms with Gasteiger partial charge in [0, 0.05) is 6.07 Å². The lowest BCUT2D eigenvalue weighted by molar-refractivity contribution is 0.0696. The van der Waals surface area contributed by atoms with Crippen LogP contribution in [0.5, 0.6) is 5.75 Å². The van der Waals surface area contributed by atoms with Crippen LogP contribution < -0.4 is 20.4 Å². The van der Waals surface area contributed by atoms with Crippen molar-refractivity contribution in [3.8, 4) is 16.9 Å². The molecule has 3 aromatic carbocycles. The highest BCUT2D eigenvalue weighted by atomic mass is 32.2. The van der Waals surface area contributed by atoms with Crippen molar-refractivity contribution in [1.82, 2.24) is 0 Å². The molecule has 0 saturated heterocycles. The van der Waals surface area contributed by atoms with Crippen LogP contribution in [-0.4, -0.2) is 18.2 Å². The Morgan fingerprint density at radius 3 is 2.59 bits per heavy atom. The number of hydrogen-bond acceptors (Lipinski definition) is 8. The maximum atomic E-state index is 13.0. The first-order valence-electron chi connectivity index (χ1n) is 9.83. The summed E-state index contributed by atoms with van der Waals surface area (Å²) in [4.78, 5) is 24.1. The Kier molecular flexibility index (Phi) is 8.24. The van der Waals surface area contributed by atoms with E-state index in [4.69, 9.17) is 24.3 Å². The molecule has 0 amide bonds. The van der Waals surface area contributed by atoms with E-state index in [-0.39, 0.29) is 31.1 Å². The number of benzene rings is 3. The third kappa shape index (κ3) is 5.54. The van der Waals surface area contributed by atoms with Gasteiger partial charge in [-0.05, 0) is 47.5 Å². The summed E-state index contributed by atoms with van der Waals surface area (Å²) in [5, 5.41) is 9.53. The van der Waals surface area contributed by atoms with Crippen LogP contribution in [0.1, 0.15) is 15.9 Å². The summed E-state index contributed by atoms with van der Waals surface area (Å²) in [7, 11) is 1.52. The maximum Gasteiger partial charge on any atom is 0.335 e. The van der Waals surface area contributed by atoms with Gasteiger partial charge in [-0.15, -0.1) is 0 Å². The first-order valence-corrected chi connectivity index (χ1v) is 10.5. The van der Waals surface area contributed by atoms with Crippen LogP contribution in [0.25, 0.3) is 22.1 Å². The number of carboxylic acids is 1. The molecule has 0 radical (unpaired) electrons. The summed E-state index contributed by atoms with van der Waals surface area (Å²) in [6, 6.07) is 18.6. The topological polar surface area (TPSA) is 115 Å². The summed E-state index contributed by atoms with van der Waals surface area (Å²) >= 11 is 0.990. The molecule has 4 aromatic rings. The van der Waals surface area contributed by atoms with Crippen LogP contribution in [-0.2, 0) is 10.8 Å². The van der Waals surface area contributed by atoms with Crippen molar-refractivity contribution in [1.29, 1.82) is 0 Å². The van der Waals surface area contributed by atoms with E-state index in [0.29, 0.717) is 33.5 Å². The van der Waals surface area contributed by atoms with Gasteiger partial charge in [-0.1, -0.05) is 24.3 Å². The number of aromatic carboxylic acids is 1. The number of anilines is 1. The number of nitrogens with two attached hydrogens (primary N) is 1. The number of rotatable bonds is 8. The smallest absolute Gasteiger partial charge is 0.335 e. The fourth-order valence-electron chi connectivity index (χ4n) is 3.27. The van der Waals surface area contributed by atoms with Gasteiger partial charge in [-0.3, -0.25) is 8.98 Å². The average Bonchev–Trinajstić information content (AvgIpc) is 2.83. The minimum Gasteiger partial charge on any atom is -0.489 e. The molecule has 0 bridgehead atoms. The third-order valence-electron chi connectivity index (χ3n) is 4.91. The van der Waals surface area contributed by atoms with Crippen molar-refractivity contribution in [2.24, 2.45) is 5.84 Å². The Bertz CT molecular complexity index is 1360. The van der Waals surface area contributed by atoms with E-state index in [0.717, 1.165) is 17.8 Å². The molecule has 0 aliphatic heterocycles. The molecule has 8 nitrogen and oxygen atoms in total. The molecule has 1 heterocycles. The first-order chi connectivity index (χ1) is 16.0. The maximum absolute atomic E-state index is 13.0. The predicted molar refractivity (Wildman–Crippen MR) is 137 cm³/mol. The molecular weight excluding hydrogens is 476 g/mol. The molecule has 176 valence electrons. The van der Waals surface area contributed by atoms with Crippen LogP contribution in [0.15, 0.2) is 82.2 Å². The molecule has 0 spiro atoms.